The average molecular weight is 358 g/mol. The maximum atomic E-state index is 11.8. The lowest BCUT2D eigenvalue weighted by Gasteiger charge is -2.07. The fourth-order valence-corrected chi connectivity index (χ4v) is 2.13. The first-order valence-corrected chi connectivity index (χ1v) is 8.06. The summed E-state index contributed by atoms with van der Waals surface area (Å²) in [6.45, 7) is 2.31. The van der Waals surface area contributed by atoms with Crippen LogP contribution in [0, 0.1) is 0 Å². The molecule has 0 bridgehead atoms. The zero-order valence-corrected chi connectivity index (χ0v) is 15.0. The van der Waals surface area contributed by atoms with Gasteiger partial charge in [0.05, 0.1) is 27.0 Å². The average Bonchev–Trinajstić information content (AvgIpc) is 2.66. The van der Waals surface area contributed by atoms with Crippen molar-refractivity contribution in [1.82, 2.24) is 0 Å². The third-order valence-electron chi connectivity index (χ3n) is 3.33. The summed E-state index contributed by atoms with van der Waals surface area (Å²) in [5.41, 5.74) is 1.42. The normalized spacial score (nSPS) is 10.4. The molecule has 0 fully saturated rings. The van der Waals surface area contributed by atoms with Gasteiger partial charge in [-0.25, -0.2) is 0 Å². The monoisotopic (exact) mass is 358 g/mol. The summed E-state index contributed by atoms with van der Waals surface area (Å²) in [4.78, 5) is 16.9. The second-order valence-corrected chi connectivity index (χ2v) is 5.13. The molecule has 0 saturated carbocycles. The molecule has 0 aromatic heterocycles. The van der Waals surface area contributed by atoms with Crippen LogP contribution < -0.4 is 19.5 Å². The number of benzene rings is 2. The summed E-state index contributed by atoms with van der Waals surface area (Å²) in [7, 11) is 3.12. The molecule has 2 aromatic rings. The zero-order valence-electron chi connectivity index (χ0n) is 15.0. The molecule has 2 aromatic carbocycles. The zero-order chi connectivity index (χ0) is 18.8. The van der Waals surface area contributed by atoms with Gasteiger partial charge in [-0.1, -0.05) is 5.16 Å². The van der Waals surface area contributed by atoms with Crippen molar-refractivity contribution >= 4 is 17.8 Å². The molecule has 0 spiro atoms. The van der Waals surface area contributed by atoms with E-state index in [1.807, 2.05) is 6.92 Å². The maximum absolute atomic E-state index is 11.8. The highest BCUT2D eigenvalue weighted by atomic mass is 16.6. The fourth-order valence-electron chi connectivity index (χ4n) is 2.13. The largest absolute Gasteiger partial charge is 0.494 e. The molecule has 7 heteroatoms. The number of methoxy groups -OCH3 is 2. The van der Waals surface area contributed by atoms with Gasteiger partial charge in [0.15, 0.2) is 18.1 Å². The molecule has 26 heavy (non-hydrogen) atoms. The van der Waals surface area contributed by atoms with E-state index in [2.05, 4.69) is 10.5 Å². The molecule has 1 N–H and O–H groups in total. The highest BCUT2D eigenvalue weighted by molar-refractivity contribution is 5.91. The number of nitrogens with zero attached hydrogens (tertiary/aromatic N) is 1. The van der Waals surface area contributed by atoms with Gasteiger partial charge in [0.2, 0.25) is 0 Å². The SMILES string of the molecule is CCOc1ccc(NC(=O)CO/N=C\c2ccc(OC)c(OC)c2)cc1. The van der Waals surface area contributed by atoms with Crippen molar-refractivity contribution < 1.29 is 23.8 Å². The number of hydrogen-bond acceptors (Lipinski definition) is 6. The van der Waals surface area contributed by atoms with E-state index in [1.54, 1.807) is 56.7 Å². The van der Waals surface area contributed by atoms with E-state index in [4.69, 9.17) is 19.0 Å². The van der Waals surface area contributed by atoms with Crippen LogP contribution >= 0.6 is 0 Å². The smallest absolute Gasteiger partial charge is 0.265 e. The Morgan fingerprint density at radius 3 is 2.46 bits per heavy atom. The molecule has 1 amide bonds. The van der Waals surface area contributed by atoms with Crippen molar-refractivity contribution in [3.63, 3.8) is 0 Å². The van der Waals surface area contributed by atoms with Gasteiger partial charge in [0.25, 0.3) is 5.91 Å². The van der Waals surface area contributed by atoms with E-state index in [-0.39, 0.29) is 12.5 Å². The molecule has 7 nitrogen and oxygen atoms in total. The number of oxime groups is 1. The summed E-state index contributed by atoms with van der Waals surface area (Å²) in [6.07, 6.45) is 1.49. The molecule has 0 aliphatic carbocycles. The van der Waals surface area contributed by atoms with Gasteiger partial charge in [-0.15, -0.1) is 0 Å². The number of nitrogens with one attached hydrogen (secondary N) is 1. The predicted molar refractivity (Wildman–Crippen MR) is 99.3 cm³/mol. The second kappa shape index (κ2) is 9.93. The Kier molecular flexibility index (Phi) is 7.30. The first-order valence-electron chi connectivity index (χ1n) is 8.06. The van der Waals surface area contributed by atoms with Crippen LogP contribution in [0.25, 0.3) is 0 Å². The number of amides is 1. The van der Waals surface area contributed by atoms with Crippen molar-refractivity contribution in [2.75, 3.05) is 32.8 Å². The molecule has 138 valence electrons. The van der Waals surface area contributed by atoms with Crippen LogP contribution in [0.4, 0.5) is 5.69 Å². The van der Waals surface area contributed by atoms with Gasteiger partial charge < -0.3 is 24.4 Å². The molecule has 0 aliphatic heterocycles. The minimum Gasteiger partial charge on any atom is -0.494 e. The van der Waals surface area contributed by atoms with Gasteiger partial charge >= 0.3 is 0 Å². The molecular weight excluding hydrogens is 336 g/mol. The first kappa shape index (κ1) is 19.1. The van der Waals surface area contributed by atoms with Crippen LogP contribution in [-0.4, -0.2) is 39.6 Å². The third-order valence-corrected chi connectivity index (χ3v) is 3.33. The van der Waals surface area contributed by atoms with E-state index in [0.29, 0.717) is 23.8 Å². The summed E-state index contributed by atoms with van der Waals surface area (Å²) < 4.78 is 15.7. The summed E-state index contributed by atoms with van der Waals surface area (Å²) in [5.74, 6) is 1.66. The summed E-state index contributed by atoms with van der Waals surface area (Å²) in [6, 6.07) is 12.4. The van der Waals surface area contributed by atoms with Crippen molar-refractivity contribution in [3.8, 4) is 17.2 Å². The number of hydrogen-bond donors (Lipinski definition) is 1. The van der Waals surface area contributed by atoms with Gasteiger partial charge in [-0.05, 0) is 49.4 Å². The number of ether oxygens (including phenoxy) is 3. The number of anilines is 1. The third kappa shape index (κ3) is 5.70. The van der Waals surface area contributed by atoms with Gasteiger partial charge in [-0.3, -0.25) is 4.79 Å². The van der Waals surface area contributed by atoms with Gasteiger partial charge in [0, 0.05) is 11.3 Å². The van der Waals surface area contributed by atoms with Crippen LogP contribution in [0.2, 0.25) is 0 Å². The molecule has 2 rings (SSSR count). The Hall–Kier alpha value is -3.22. The highest BCUT2D eigenvalue weighted by Crippen LogP contribution is 2.26. The molecule has 0 atom stereocenters. The lowest BCUT2D eigenvalue weighted by atomic mass is 10.2. The van der Waals surface area contributed by atoms with Gasteiger partial charge in [-0.2, -0.15) is 0 Å². The number of carbonyl (C=O) groups excluding carboxylic acids is 1. The standard InChI is InChI=1S/C19H22N2O5/c1-4-25-16-8-6-15(7-9-16)21-19(22)13-26-20-12-14-5-10-17(23-2)18(11-14)24-3/h5-12H,4,13H2,1-3H3,(H,21,22)/b20-12-. The summed E-state index contributed by atoms with van der Waals surface area (Å²) in [5, 5.41) is 6.50. The Labute approximate surface area is 152 Å². The van der Waals surface area contributed by atoms with E-state index in [0.717, 1.165) is 11.3 Å². The first-order chi connectivity index (χ1) is 12.7. The Bertz CT molecular complexity index is 744. The minimum absolute atomic E-state index is 0.197. The van der Waals surface area contributed by atoms with E-state index < -0.39 is 0 Å². The van der Waals surface area contributed by atoms with Crippen LogP contribution in [0.5, 0.6) is 17.2 Å². The van der Waals surface area contributed by atoms with E-state index in [9.17, 15) is 4.79 Å². The second-order valence-electron chi connectivity index (χ2n) is 5.13. The topological polar surface area (TPSA) is 78.4 Å². The van der Waals surface area contributed by atoms with E-state index in [1.165, 1.54) is 6.21 Å². The van der Waals surface area contributed by atoms with Crippen molar-refractivity contribution in [1.29, 1.82) is 0 Å². The van der Waals surface area contributed by atoms with Crippen LogP contribution in [-0.2, 0) is 9.63 Å². The minimum atomic E-state index is -0.307. The lowest BCUT2D eigenvalue weighted by molar-refractivity contribution is -0.120. The molecule has 0 saturated heterocycles. The highest BCUT2D eigenvalue weighted by Gasteiger charge is 2.04. The van der Waals surface area contributed by atoms with Crippen molar-refractivity contribution in [3.05, 3.63) is 48.0 Å². The maximum Gasteiger partial charge on any atom is 0.265 e. The number of carbonyl (C=O) groups is 1. The molecular formula is C19H22N2O5. The summed E-state index contributed by atoms with van der Waals surface area (Å²) >= 11 is 0. The predicted octanol–water partition coefficient (Wildman–Crippen LogP) is 3.09. The fraction of sp³-hybridized carbons (Fsp3) is 0.263. The Balaban J connectivity index is 1.81. The van der Waals surface area contributed by atoms with Crippen molar-refractivity contribution in [2.24, 2.45) is 5.16 Å². The Morgan fingerprint density at radius 1 is 1.08 bits per heavy atom. The van der Waals surface area contributed by atoms with Gasteiger partial charge in [0.1, 0.15) is 5.75 Å². The number of rotatable bonds is 9. The molecule has 0 unspecified atom stereocenters. The molecule has 0 radical (unpaired) electrons. The lowest BCUT2D eigenvalue weighted by Crippen LogP contribution is -2.16. The van der Waals surface area contributed by atoms with Crippen LogP contribution in [0.15, 0.2) is 47.6 Å². The van der Waals surface area contributed by atoms with Crippen LogP contribution in [0.1, 0.15) is 12.5 Å². The van der Waals surface area contributed by atoms with Crippen LogP contribution in [0.3, 0.4) is 0 Å². The molecule has 0 heterocycles. The van der Waals surface area contributed by atoms with E-state index >= 15 is 0 Å². The Morgan fingerprint density at radius 2 is 1.81 bits per heavy atom. The molecule has 0 aliphatic rings. The quantitative estimate of drug-likeness (QED) is 0.550. The van der Waals surface area contributed by atoms with Crippen molar-refractivity contribution in [2.45, 2.75) is 6.92 Å².